The molecule has 3 N–H and O–H groups in total. The van der Waals surface area contributed by atoms with E-state index in [1.807, 2.05) is 6.07 Å². The molecule has 0 aromatic heterocycles. The molecule has 0 bridgehead atoms. The van der Waals surface area contributed by atoms with Gasteiger partial charge in [0.25, 0.3) is 0 Å². The minimum absolute atomic E-state index is 0.919. The van der Waals surface area contributed by atoms with Gasteiger partial charge in [0.2, 0.25) is 0 Å². The molecule has 2 nitrogen and oxygen atoms in total. The summed E-state index contributed by atoms with van der Waals surface area (Å²) in [6, 6.07) is 6.30. The fraction of sp³-hybridized carbons (Fsp3) is 0.625. The second-order valence-electron chi connectivity index (χ2n) is 6.17. The van der Waals surface area contributed by atoms with Crippen molar-refractivity contribution in [3.63, 3.8) is 0 Å². The lowest BCUT2D eigenvalue weighted by Gasteiger charge is -2.17. The number of rotatable bonds is 6. The molecule has 2 heteroatoms. The molecule has 3 rings (SSSR count). The van der Waals surface area contributed by atoms with Crippen LogP contribution in [0.2, 0.25) is 0 Å². The highest BCUT2D eigenvalue weighted by Gasteiger charge is 2.40. The highest BCUT2D eigenvalue weighted by atomic mass is 14.9. The van der Waals surface area contributed by atoms with Crippen molar-refractivity contribution in [2.75, 3.05) is 12.3 Å². The summed E-state index contributed by atoms with van der Waals surface area (Å²) in [5.41, 5.74) is 9.47. The number of nitrogen functional groups attached to an aromatic ring is 1. The summed E-state index contributed by atoms with van der Waals surface area (Å²) in [5, 5.41) is 3.63. The second kappa shape index (κ2) is 4.93. The maximum Gasteiger partial charge on any atom is 0.0359 e. The van der Waals surface area contributed by atoms with Crippen LogP contribution in [-0.2, 0) is 6.54 Å². The van der Waals surface area contributed by atoms with Crippen LogP contribution in [0.5, 0.6) is 0 Å². The standard InChI is InChI=1S/C16H24N2/c1-11-2-7-16(17)14(8-11)9-18-10-15(12-3-4-12)13-5-6-13/h2,7-8,12-13,15,18H,3-6,9-10,17H2,1H3. The molecule has 1 aromatic rings. The maximum absolute atomic E-state index is 6.01. The number of aryl methyl sites for hydroxylation is 1. The molecule has 0 heterocycles. The van der Waals surface area contributed by atoms with Gasteiger partial charge in [0.1, 0.15) is 0 Å². The fourth-order valence-electron chi connectivity index (χ4n) is 3.03. The molecule has 0 saturated heterocycles. The monoisotopic (exact) mass is 244 g/mol. The highest BCUT2D eigenvalue weighted by molar-refractivity contribution is 5.48. The molecule has 2 saturated carbocycles. The zero-order chi connectivity index (χ0) is 12.5. The third kappa shape index (κ3) is 2.86. The molecular weight excluding hydrogens is 220 g/mol. The lowest BCUT2D eigenvalue weighted by atomic mass is 9.98. The van der Waals surface area contributed by atoms with Crippen molar-refractivity contribution in [3.05, 3.63) is 29.3 Å². The van der Waals surface area contributed by atoms with Crippen LogP contribution in [0, 0.1) is 24.7 Å². The Bertz CT molecular complexity index is 407. The van der Waals surface area contributed by atoms with E-state index in [1.165, 1.54) is 43.4 Å². The zero-order valence-electron chi connectivity index (χ0n) is 11.3. The molecule has 98 valence electrons. The molecular formula is C16H24N2. The number of anilines is 1. The minimum Gasteiger partial charge on any atom is -0.398 e. The molecule has 0 unspecified atom stereocenters. The van der Waals surface area contributed by atoms with Crippen molar-refractivity contribution in [1.29, 1.82) is 0 Å². The maximum atomic E-state index is 6.01. The summed E-state index contributed by atoms with van der Waals surface area (Å²) in [6.07, 6.45) is 5.87. The molecule has 2 aliphatic rings. The third-order valence-corrected chi connectivity index (χ3v) is 4.45. The average Bonchev–Trinajstić information content (AvgIpc) is 3.22. The normalized spacial score (nSPS) is 19.4. The Morgan fingerprint density at radius 1 is 1.22 bits per heavy atom. The molecule has 0 atom stereocenters. The van der Waals surface area contributed by atoms with Gasteiger partial charge in [0.15, 0.2) is 0 Å². The predicted octanol–water partition coefficient (Wildman–Crippen LogP) is 3.10. The van der Waals surface area contributed by atoms with Gasteiger partial charge in [-0.2, -0.15) is 0 Å². The number of benzene rings is 1. The van der Waals surface area contributed by atoms with E-state index in [0.29, 0.717) is 0 Å². The van der Waals surface area contributed by atoms with Crippen LogP contribution in [-0.4, -0.2) is 6.54 Å². The molecule has 0 spiro atoms. The van der Waals surface area contributed by atoms with Gasteiger partial charge < -0.3 is 11.1 Å². The molecule has 0 aliphatic heterocycles. The lowest BCUT2D eigenvalue weighted by molar-refractivity contribution is 0.378. The molecule has 2 aliphatic carbocycles. The third-order valence-electron chi connectivity index (χ3n) is 4.45. The van der Waals surface area contributed by atoms with Gasteiger partial charge in [-0.25, -0.2) is 0 Å². The van der Waals surface area contributed by atoms with E-state index in [2.05, 4.69) is 24.4 Å². The number of nitrogens with two attached hydrogens (primary N) is 1. The average molecular weight is 244 g/mol. The van der Waals surface area contributed by atoms with Gasteiger partial charge >= 0.3 is 0 Å². The van der Waals surface area contributed by atoms with Crippen LogP contribution in [0.15, 0.2) is 18.2 Å². The van der Waals surface area contributed by atoms with E-state index in [-0.39, 0.29) is 0 Å². The molecule has 18 heavy (non-hydrogen) atoms. The summed E-state index contributed by atoms with van der Waals surface area (Å²) in [5.74, 6) is 3.00. The van der Waals surface area contributed by atoms with Gasteiger partial charge in [-0.1, -0.05) is 17.7 Å². The summed E-state index contributed by atoms with van der Waals surface area (Å²) in [7, 11) is 0. The Hall–Kier alpha value is -1.02. The lowest BCUT2D eigenvalue weighted by Crippen LogP contribution is -2.25. The molecule has 0 radical (unpaired) electrons. The van der Waals surface area contributed by atoms with Crippen LogP contribution in [0.4, 0.5) is 5.69 Å². The van der Waals surface area contributed by atoms with E-state index >= 15 is 0 Å². The first-order valence-corrected chi connectivity index (χ1v) is 7.30. The van der Waals surface area contributed by atoms with Gasteiger partial charge in [-0.3, -0.25) is 0 Å². The summed E-state index contributed by atoms with van der Waals surface area (Å²) in [4.78, 5) is 0. The van der Waals surface area contributed by atoms with Crippen molar-refractivity contribution in [2.24, 2.45) is 17.8 Å². The largest absolute Gasteiger partial charge is 0.398 e. The number of hydrogen-bond acceptors (Lipinski definition) is 2. The van der Waals surface area contributed by atoms with Crippen LogP contribution < -0.4 is 11.1 Å². The number of nitrogens with one attached hydrogen (secondary N) is 1. The Morgan fingerprint density at radius 2 is 1.89 bits per heavy atom. The Labute approximate surface area is 110 Å². The quantitative estimate of drug-likeness (QED) is 0.755. The second-order valence-corrected chi connectivity index (χ2v) is 6.17. The zero-order valence-corrected chi connectivity index (χ0v) is 11.3. The molecule has 2 fully saturated rings. The predicted molar refractivity (Wildman–Crippen MR) is 76.2 cm³/mol. The fourth-order valence-corrected chi connectivity index (χ4v) is 3.03. The van der Waals surface area contributed by atoms with Crippen LogP contribution >= 0.6 is 0 Å². The van der Waals surface area contributed by atoms with E-state index in [1.54, 1.807) is 0 Å². The van der Waals surface area contributed by atoms with Crippen molar-refractivity contribution >= 4 is 5.69 Å². The molecule has 1 aromatic carbocycles. The van der Waals surface area contributed by atoms with Crippen LogP contribution in [0.1, 0.15) is 36.8 Å². The van der Waals surface area contributed by atoms with Gasteiger partial charge in [-0.15, -0.1) is 0 Å². The smallest absolute Gasteiger partial charge is 0.0359 e. The first-order chi connectivity index (χ1) is 8.74. The van der Waals surface area contributed by atoms with E-state index in [0.717, 1.165) is 30.0 Å². The molecule has 0 amide bonds. The van der Waals surface area contributed by atoms with Crippen molar-refractivity contribution in [3.8, 4) is 0 Å². The SMILES string of the molecule is Cc1ccc(N)c(CNCC(C2CC2)C2CC2)c1. The van der Waals surface area contributed by atoms with Gasteiger partial charge in [-0.05, 0) is 68.5 Å². The Balaban J connectivity index is 1.52. The summed E-state index contributed by atoms with van der Waals surface area (Å²) in [6.45, 7) is 4.23. The van der Waals surface area contributed by atoms with Crippen molar-refractivity contribution in [1.82, 2.24) is 5.32 Å². The first kappa shape index (κ1) is 12.0. The summed E-state index contributed by atoms with van der Waals surface area (Å²) >= 11 is 0. The van der Waals surface area contributed by atoms with Crippen molar-refractivity contribution < 1.29 is 0 Å². The Kier molecular flexibility index (Phi) is 3.29. The van der Waals surface area contributed by atoms with Gasteiger partial charge in [0, 0.05) is 12.2 Å². The Morgan fingerprint density at radius 3 is 2.50 bits per heavy atom. The minimum atomic E-state index is 0.919. The van der Waals surface area contributed by atoms with E-state index in [9.17, 15) is 0 Å². The highest BCUT2D eigenvalue weighted by Crippen LogP contribution is 2.48. The van der Waals surface area contributed by atoms with E-state index in [4.69, 9.17) is 5.73 Å². The van der Waals surface area contributed by atoms with E-state index < -0.39 is 0 Å². The van der Waals surface area contributed by atoms with Crippen LogP contribution in [0.25, 0.3) is 0 Å². The van der Waals surface area contributed by atoms with Gasteiger partial charge in [0.05, 0.1) is 0 Å². The number of hydrogen-bond donors (Lipinski definition) is 2. The first-order valence-electron chi connectivity index (χ1n) is 7.30. The summed E-state index contributed by atoms with van der Waals surface area (Å²) < 4.78 is 0. The topological polar surface area (TPSA) is 38.0 Å². The van der Waals surface area contributed by atoms with Crippen LogP contribution in [0.3, 0.4) is 0 Å². The van der Waals surface area contributed by atoms with Crippen molar-refractivity contribution in [2.45, 2.75) is 39.2 Å².